The molecule has 2 fully saturated rings. The summed E-state index contributed by atoms with van der Waals surface area (Å²) in [5, 5.41) is 7.40. The summed E-state index contributed by atoms with van der Waals surface area (Å²) in [6.45, 7) is 2.49. The number of anilines is 1. The van der Waals surface area contributed by atoms with Crippen molar-refractivity contribution in [2.75, 3.05) is 31.6 Å². The number of hydrogen-bond donors (Lipinski definition) is 1. The zero-order valence-electron chi connectivity index (χ0n) is 15.8. The van der Waals surface area contributed by atoms with Crippen LogP contribution in [-0.2, 0) is 20.7 Å². The van der Waals surface area contributed by atoms with E-state index in [4.69, 9.17) is 4.74 Å². The third kappa shape index (κ3) is 4.22. The standard InChI is InChI=1S/C20H25N5O3/c26-19(13-16-3-1-2-8-21-16)24-10-5-17(6-11-24)25-18(4-9-22-25)23-20(27)15-7-12-28-14-15/h1-4,8-9,15,17H,5-7,10-14H2,(H,23,27)/t15-/m1/s1. The molecular weight excluding hydrogens is 358 g/mol. The van der Waals surface area contributed by atoms with Crippen LogP contribution in [0, 0.1) is 5.92 Å². The first-order valence-corrected chi connectivity index (χ1v) is 9.80. The molecule has 0 spiro atoms. The van der Waals surface area contributed by atoms with Crippen molar-refractivity contribution in [2.45, 2.75) is 31.7 Å². The van der Waals surface area contributed by atoms with Crippen LogP contribution in [0.15, 0.2) is 36.7 Å². The molecule has 0 radical (unpaired) electrons. The smallest absolute Gasteiger partial charge is 0.231 e. The minimum Gasteiger partial charge on any atom is -0.381 e. The first-order chi connectivity index (χ1) is 13.7. The molecule has 4 heterocycles. The number of nitrogens with zero attached hydrogens (tertiary/aromatic N) is 4. The molecule has 2 aliphatic rings. The van der Waals surface area contributed by atoms with Crippen molar-refractivity contribution < 1.29 is 14.3 Å². The lowest BCUT2D eigenvalue weighted by molar-refractivity contribution is -0.131. The molecule has 2 saturated heterocycles. The van der Waals surface area contributed by atoms with Gasteiger partial charge in [0.2, 0.25) is 11.8 Å². The van der Waals surface area contributed by atoms with Crippen molar-refractivity contribution in [3.05, 3.63) is 42.4 Å². The highest BCUT2D eigenvalue weighted by Crippen LogP contribution is 2.26. The Morgan fingerprint density at radius 3 is 2.71 bits per heavy atom. The van der Waals surface area contributed by atoms with Crippen LogP contribution < -0.4 is 5.32 Å². The molecule has 28 heavy (non-hydrogen) atoms. The summed E-state index contributed by atoms with van der Waals surface area (Å²) in [7, 11) is 0. The van der Waals surface area contributed by atoms with Crippen molar-refractivity contribution in [3.63, 3.8) is 0 Å². The molecule has 8 nitrogen and oxygen atoms in total. The van der Waals surface area contributed by atoms with Crippen molar-refractivity contribution in [2.24, 2.45) is 5.92 Å². The molecule has 1 atom stereocenters. The Kier molecular flexibility index (Phi) is 5.66. The fourth-order valence-corrected chi connectivity index (χ4v) is 3.80. The predicted molar refractivity (Wildman–Crippen MR) is 103 cm³/mol. The van der Waals surface area contributed by atoms with Gasteiger partial charge in [0.1, 0.15) is 5.82 Å². The second-order valence-corrected chi connectivity index (χ2v) is 7.32. The van der Waals surface area contributed by atoms with Crippen LogP contribution >= 0.6 is 0 Å². The summed E-state index contributed by atoms with van der Waals surface area (Å²) >= 11 is 0. The minimum atomic E-state index is -0.0885. The Bertz CT molecular complexity index is 808. The van der Waals surface area contributed by atoms with E-state index < -0.39 is 0 Å². The molecule has 4 rings (SSSR count). The molecule has 8 heteroatoms. The Balaban J connectivity index is 1.32. The molecular formula is C20H25N5O3. The van der Waals surface area contributed by atoms with Gasteiger partial charge < -0.3 is 15.0 Å². The highest BCUT2D eigenvalue weighted by molar-refractivity contribution is 5.92. The Hall–Kier alpha value is -2.74. The normalized spacial score (nSPS) is 20.3. The quantitative estimate of drug-likeness (QED) is 0.848. The maximum Gasteiger partial charge on any atom is 0.231 e. The average Bonchev–Trinajstić information content (AvgIpc) is 3.41. The van der Waals surface area contributed by atoms with Crippen LogP contribution in [-0.4, -0.2) is 57.8 Å². The SMILES string of the molecule is O=C(Nc1ccnn1C1CCN(C(=O)Cc2ccccn2)CC1)[C@@H]1CCOC1. The van der Waals surface area contributed by atoms with Gasteiger partial charge in [0.05, 0.1) is 31.2 Å². The summed E-state index contributed by atoms with van der Waals surface area (Å²) in [4.78, 5) is 31.0. The van der Waals surface area contributed by atoms with E-state index in [1.807, 2.05) is 33.8 Å². The van der Waals surface area contributed by atoms with Crippen molar-refractivity contribution in [3.8, 4) is 0 Å². The van der Waals surface area contributed by atoms with Crippen LogP contribution in [0.2, 0.25) is 0 Å². The number of amides is 2. The van der Waals surface area contributed by atoms with Gasteiger partial charge in [-0.2, -0.15) is 5.10 Å². The molecule has 0 bridgehead atoms. The number of hydrogen-bond acceptors (Lipinski definition) is 5. The number of carbonyl (C=O) groups is 2. The lowest BCUT2D eigenvalue weighted by atomic mass is 10.0. The lowest BCUT2D eigenvalue weighted by Crippen LogP contribution is -2.40. The van der Waals surface area contributed by atoms with E-state index in [1.54, 1.807) is 12.4 Å². The predicted octanol–water partition coefficient (Wildman–Crippen LogP) is 1.66. The Labute approximate surface area is 163 Å². The minimum absolute atomic E-state index is 0.0118. The van der Waals surface area contributed by atoms with Gasteiger partial charge in [0.25, 0.3) is 0 Å². The summed E-state index contributed by atoms with van der Waals surface area (Å²) in [5.74, 6) is 0.721. The zero-order chi connectivity index (χ0) is 19.3. The highest BCUT2D eigenvalue weighted by atomic mass is 16.5. The first kappa shape index (κ1) is 18.6. The van der Waals surface area contributed by atoms with E-state index in [9.17, 15) is 9.59 Å². The van der Waals surface area contributed by atoms with Crippen LogP contribution in [0.3, 0.4) is 0 Å². The van der Waals surface area contributed by atoms with E-state index in [0.29, 0.717) is 32.7 Å². The fraction of sp³-hybridized carbons (Fsp3) is 0.500. The van der Waals surface area contributed by atoms with Gasteiger partial charge >= 0.3 is 0 Å². The maximum atomic E-state index is 12.5. The third-order valence-corrected chi connectivity index (χ3v) is 5.44. The van der Waals surface area contributed by atoms with E-state index in [1.165, 1.54) is 0 Å². The molecule has 2 aromatic rings. The van der Waals surface area contributed by atoms with Gasteiger partial charge in [0.15, 0.2) is 0 Å². The first-order valence-electron chi connectivity index (χ1n) is 9.80. The van der Waals surface area contributed by atoms with Gasteiger partial charge in [-0.05, 0) is 31.4 Å². The number of carbonyl (C=O) groups excluding carboxylic acids is 2. The average molecular weight is 383 g/mol. The molecule has 148 valence electrons. The molecule has 0 aliphatic carbocycles. The van der Waals surface area contributed by atoms with Gasteiger partial charge in [-0.15, -0.1) is 0 Å². The summed E-state index contributed by atoms with van der Waals surface area (Å²) in [6.07, 6.45) is 6.13. The Morgan fingerprint density at radius 1 is 1.14 bits per heavy atom. The number of likely N-dealkylation sites (tertiary alicyclic amines) is 1. The molecule has 2 aliphatic heterocycles. The van der Waals surface area contributed by atoms with Crippen molar-refractivity contribution in [1.82, 2.24) is 19.7 Å². The second-order valence-electron chi connectivity index (χ2n) is 7.32. The molecule has 2 amide bonds. The summed E-state index contributed by atoms with van der Waals surface area (Å²) in [5.41, 5.74) is 0.794. The van der Waals surface area contributed by atoms with E-state index in [2.05, 4.69) is 15.4 Å². The third-order valence-electron chi connectivity index (χ3n) is 5.44. The van der Waals surface area contributed by atoms with Crippen LogP contribution in [0.25, 0.3) is 0 Å². The molecule has 0 saturated carbocycles. The van der Waals surface area contributed by atoms with Gasteiger partial charge in [-0.3, -0.25) is 14.6 Å². The fourth-order valence-electron chi connectivity index (χ4n) is 3.80. The highest BCUT2D eigenvalue weighted by Gasteiger charge is 2.28. The molecule has 1 N–H and O–H groups in total. The molecule has 2 aromatic heterocycles. The number of ether oxygens (including phenoxy) is 1. The largest absolute Gasteiger partial charge is 0.381 e. The van der Waals surface area contributed by atoms with Crippen molar-refractivity contribution in [1.29, 1.82) is 0 Å². The number of rotatable bonds is 5. The van der Waals surface area contributed by atoms with Gasteiger partial charge in [0, 0.05) is 37.7 Å². The van der Waals surface area contributed by atoms with E-state index >= 15 is 0 Å². The lowest BCUT2D eigenvalue weighted by Gasteiger charge is -2.32. The van der Waals surface area contributed by atoms with E-state index in [-0.39, 0.29) is 23.8 Å². The topological polar surface area (TPSA) is 89.4 Å². The number of pyridine rings is 1. The number of aromatic nitrogens is 3. The maximum absolute atomic E-state index is 12.5. The van der Waals surface area contributed by atoms with Gasteiger partial charge in [-0.25, -0.2) is 4.68 Å². The summed E-state index contributed by atoms with van der Waals surface area (Å²) in [6, 6.07) is 7.61. The second kappa shape index (κ2) is 8.52. The monoisotopic (exact) mass is 383 g/mol. The zero-order valence-corrected chi connectivity index (χ0v) is 15.8. The molecule has 0 aromatic carbocycles. The van der Waals surface area contributed by atoms with E-state index in [0.717, 1.165) is 30.8 Å². The van der Waals surface area contributed by atoms with Crippen LogP contribution in [0.1, 0.15) is 31.0 Å². The summed E-state index contributed by atoms with van der Waals surface area (Å²) < 4.78 is 7.18. The number of piperidine rings is 1. The number of nitrogens with one attached hydrogen (secondary N) is 1. The Morgan fingerprint density at radius 2 is 2.00 bits per heavy atom. The van der Waals surface area contributed by atoms with Crippen molar-refractivity contribution >= 4 is 17.6 Å². The van der Waals surface area contributed by atoms with Crippen LogP contribution in [0.4, 0.5) is 5.82 Å². The molecule has 0 unspecified atom stereocenters. The van der Waals surface area contributed by atoms with Crippen LogP contribution in [0.5, 0.6) is 0 Å². The van der Waals surface area contributed by atoms with Gasteiger partial charge in [-0.1, -0.05) is 6.07 Å².